The molecule has 0 aromatic heterocycles. The Labute approximate surface area is 221 Å². The molecule has 1 N–H and O–H groups in total. The van der Waals surface area contributed by atoms with Gasteiger partial charge in [-0.25, -0.2) is 4.79 Å². The number of aromatic hydroxyl groups is 1. The molecule has 0 amide bonds. The first-order valence-electron chi connectivity index (χ1n) is 14.1. The monoisotopic (exact) mass is 502 g/mol. The Balaban J connectivity index is 2.12. The highest BCUT2D eigenvalue weighted by atomic mass is 16.6. The van der Waals surface area contributed by atoms with Crippen molar-refractivity contribution in [2.24, 2.45) is 0 Å². The van der Waals surface area contributed by atoms with Gasteiger partial charge in [0.2, 0.25) is 0 Å². The fourth-order valence-corrected chi connectivity index (χ4v) is 4.35. The van der Waals surface area contributed by atoms with E-state index in [1.807, 2.05) is 0 Å². The highest BCUT2D eigenvalue weighted by Gasteiger charge is 2.26. The number of carbonyl (C=O) groups excluding carboxylic acids is 1. The fourth-order valence-electron chi connectivity index (χ4n) is 4.35. The Kier molecular flexibility index (Phi) is 14.4. The van der Waals surface area contributed by atoms with Crippen LogP contribution >= 0.6 is 0 Å². The van der Waals surface area contributed by atoms with E-state index in [4.69, 9.17) is 9.47 Å². The summed E-state index contributed by atoms with van der Waals surface area (Å²) in [6, 6.07) is 4.46. The zero-order chi connectivity index (χ0) is 27.2. The Bertz CT molecular complexity index is 760. The number of phenolic OH excluding ortho intramolecular Hbond substituents is 1. The third kappa shape index (κ3) is 12.9. The van der Waals surface area contributed by atoms with Crippen LogP contribution in [-0.2, 0) is 31.5 Å². The minimum atomic E-state index is -0.347. The van der Waals surface area contributed by atoms with E-state index in [9.17, 15) is 9.90 Å². The Morgan fingerprint density at radius 1 is 0.750 bits per heavy atom. The highest BCUT2D eigenvalue weighted by Crippen LogP contribution is 2.40. The Hall–Kier alpha value is -1.81. The molecule has 1 aromatic rings. The SMILES string of the molecule is C=C(C)C(=O)OCCOCCCCCCCCCCCCc1cc(C(C)(C)C)c(O)c(C(C)(C)C)c1. The molecule has 1 rings (SSSR count). The van der Waals surface area contributed by atoms with Crippen LogP contribution in [0.2, 0.25) is 0 Å². The number of ether oxygens (including phenoxy) is 2. The van der Waals surface area contributed by atoms with Crippen LogP contribution in [0.25, 0.3) is 0 Å². The summed E-state index contributed by atoms with van der Waals surface area (Å²) in [5, 5.41) is 10.9. The van der Waals surface area contributed by atoms with Crippen LogP contribution in [0.1, 0.15) is 129 Å². The van der Waals surface area contributed by atoms with Gasteiger partial charge < -0.3 is 14.6 Å². The van der Waals surface area contributed by atoms with Crippen molar-refractivity contribution in [1.29, 1.82) is 0 Å². The number of hydrogen-bond donors (Lipinski definition) is 1. The fraction of sp³-hybridized carbons (Fsp3) is 0.719. The van der Waals surface area contributed by atoms with Crippen LogP contribution in [0, 0.1) is 0 Å². The molecule has 0 saturated carbocycles. The van der Waals surface area contributed by atoms with E-state index in [-0.39, 0.29) is 16.8 Å². The maximum Gasteiger partial charge on any atom is 0.333 e. The summed E-state index contributed by atoms with van der Waals surface area (Å²) in [4.78, 5) is 11.2. The number of rotatable bonds is 17. The molecule has 0 aliphatic rings. The van der Waals surface area contributed by atoms with Crippen LogP contribution in [0.5, 0.6) is 5.75 Å². The lowest BCUT2D eigenvalue weighted by Gasteiger charge is -2.28. The third-order valence-corrected chi connectivity index (χ3v) is 6.60. The second kappa shape index (κ2) is 16.1. The average Bonchev–Trinajstić information content (AvgIpc) is 2.77. The van der Waals surface area contributed by atoms with E-state index < -0.39 is 0 Å². The van der Waals surface area contributed by atoms with E-state index in [1.54, 1.807) is 6.92 Å². The lowest BCUT2D eigenvalue weighted by atomic mass is 9.78. The molecular weight excluding hydrogens is 448 g/mol. The molecule has 0 bridgehead atoms. The second-order valence-electron chi connectivity index (χ2n) is 12.4. The van der Waals surface area contributed by atoms with Crippen LogP contribution in [-0.4, -0.2) is 30.9 Å². The van der Waals surface area contributed by atoms with Crippen molar-refractivity contribution < 1.29 is 19.4 Å². The third-order valence-electron chi connectivity index (χ3n) is 6.60. The molecule has 0 fully saturated rings. The highest BCUT2D eigenvalue weighted by molar-refractivity contribution is 5.86. The molecule has 0 radical (unpaired) electrons. The van der Waals surface area contributed by atoms with Gasteiger partial charge in [-0.3, -0.25) is 0 Å². The van der Waals surface area contributed by atoms with Gasteiger partial charge in [-0.05, 0) is 53.7 Å². The molecule has 4 heteroatoms. The van der Waals surface area contributed by atoms with Gasteiger partial charge in [-0.1, -0.05) is 112 Å². The molecule has 0 atom stereocenters. The summed E-state index contributed by atoms with van der Waals surface area (Å²) in [5.41, 5.74) is 3.80. The molecule has 36 heavy (non-hydrogen) atoms. The van der Waals surface area contributed by atoms with Crippen LogP contribution in [0.15, 0.2) is 24.3 Å². The van der Waals surface area contributed by atoms with E-state index in [0.29, 0.717) is 24.5 Å². The van der Waals surface area contributed by atoms with Gasteiger partial charge in [0, 0.05) is 12.2 Å². The predicted octanol–water partition coefficient (Wildman–Crippen LogP) is 8.57. The van der Waals surface area contributed by atoms with Gasteiger partial charge in [-0.15, -0.1) is 0 Å². The lowest BCUT2D eigenvalue weighted by Crippen LogP contribution is -2.18. The maximum atomic E-state index is 11.2. The normalized spacial score (nSPS) is 12.1. The molecule has 0 saturated heterocycles. The van der Waals surface area contributed by atoms with E-state index in [2.05, 4.69) is 60.3 Å². The van der Waals surface area contributed by atoms with Gasteiger partial charge >= 0.3 is 5.97 Å². The minimum Gasteiger partial charge on any atom is -0.507 e. The molecule has 0 spiro atoms. The lowest BCUT2D eigenvalue weighted by molar-refractivity contribution is -0.140. The Morgan fingerprint density at radius 2 is 1.19 bits per heavy atom. The van der Waals surface area contributed by atoms with Crippen molar-refractivity contribution in [2.45, 2.75) is 130 Å². The molecule has 0 unspecified atom stereocenters. The number of hydrogen-bond acceptors (Lipinski definition) is 4. The molecule has 1 aromatic carbocycles. The number of aryl methyl sites for hydroxylation is 1. The summed E-state index contributed by atoms with van der Waals surface area (Å²) in [6.45, 7) is 19.8. The molecule has 4 nitrogen and oxygen atoms in total. The van der Waals surface area contributed by atoms with Gasteiger partial charge in [0.25, 0.3) is 0 Å². The van der Waals surface area contributed by atoms with Crippen molar-refractivity contribution in [1.82, 2.24) is 0 Å². The quantitative estimate of drug-likeness (QED) is 0.132. The Morgan fingerprint density at radius 3 is 1.64 bits per heavy atom. The summed E-state index contributed by atoms with van der Waals surface area (Å²) >= 11 is 0. The number of esters is 1. The molecule has 0 aliphatic heterocycles. The minimum absolute atomic E-state index is 0.0612. The van der Waals surface area contributed by atoms with Crippen molar-refractivity contribution in [3.63, 3.8) is 0 Å². The predicted molar refractivity (Wildman–Crippen MR) is 152 cm³/mol. The topological polar surface area (TPSA) is 55.8 Å². The van der Waals surface area contributed by atoms with Crippen LogP contribution in [0.3, 0.4) is 0 Å². The second-order valence-corrected chi connectivity index (χ2v) is 12.4. The van der Waals surface area contributed by atoms with Crippen molar-refractivity contribution in [3.8, 4) is 5.75 Å². The largest absolute Gasteiger partial charge is 0.507 e. The smallest absolute Gasteiger partial charge is 0.333 e. The summed E-state index contributed by atoms with van der Waals surface area (Å²) in [7, 11) is 0. The summed E-state index contributed by atoms with van der Waals surface area (Å²) in [6.07, 6.45) is 13.7. The molecular formula is C32H54O4. The van der Waals surface area contributed by atoms with E-state index in [1.165, 1.54) is 63.4 Å². The van der Waals surface area contributed by atoms with Gasteiger partial charge in [-0.2, -0.15) is 0 Å². The first-order valence-corrected chi connectivity index (χ1v) is 14.1. The average molecular weight is 503 g/mol. The first kappa shape index (κ1) is 32.2. The van der Waals surface area contributed by atoms with Crippen molar-refractivity contribution in [3.05, 3.63) is 41.0 Å². The van der Waals surface area contributed by atoms with Crippen molar-refractivity contribution in [2.75, 3.05) is 19.8 Å². The molecule has 206 valence electrons. The van der Waals surface area contributed by atoms with Gasteiger partial charge in [0.05, 0.1) is 6.61 Å². The van der Waals surface area contributed by atoms with Crippen LogP contribution < -0.4 is 0 Å². The first-order chi connectivity index (χ1) is 16.8. The zero-order valence-electron chi connectivity index (χ0n) is 24.4. The van der Waals surface area contributed by atoms with Gasteiger partial charge in [0.1, 0.15) is 12.4 Å². The molecule has 0 heterocycles. The summed E-state index contributed by atoms with van der Waals surface area (Å²) < 4.78 is 10.5. The van der Waals surface area contributed by atoms with Crippen molar-refractivity contribution >= 4 is 5.97 Å². The zero-order valence-corrected chi connectivity index (χ0v) is 24.4. The number of phenols is 1. The van der Waals surface area contributed by atoms with E-state index >= 15 is 0 Å². The summed E-state index contributed by atoms with van der Waals surface area (Å²) in [5.74, 6) is 0.133. The maximum absolute atomic E-state index is 11.2. The number of benzene rings is 1. The number of carbonyl (C=O) groups is 1. The standard InChI is InChI=1S/C32H54O4/c1-25(2)30(34)36-22-21-35-20-18-16-14-12-10-9-11-13-15-17-19-26-23-27(31(3,4)5)29(33)28(24-26)32(6,7)8/h23-24,33H,1,9-22H2,2-8H3. The van der Waals surface area contributed by atoms with Gasteiger partial charge in [0.15, 0.2) is 0 Å². The van der Waals surface area contributed by atoms with E-state index in [0.717, 1.165) is 30.6 Å². The van der Waals surface area contributed by atoms with Crippen LogP contribution in [0.4, 0.5) is 0 Å². The number of unbranched alkanes of at least 4 members (excludes halogenated alkanes) is 9. The molecule has 0 aliphatic carbocycles.